The van der Waals surface area contributed by atoms with Crippen molar-refractivity contribution in [1.82, 2.24) is 0 Å². The Hall–Kier alpha value is -0.770. The third-order valence-electron chi connectivity index (χ3n) is 2.41. The molecule has 0 aromatic heterocycles. The van der Waals surface area contributed by atoms with Gasteiger partial charge >= 0.3 is 0 Å². The number of halogens is 4. The Labute approximate surface area is 123 Å². The SMILES string of the molecule is Fc1cc(Cl)ccc1NCc1cc(Cl)ccc1Br. The fourth-order valence-electron chi connectivity index (χ4n) is 1.50. The molecule has 2 rings (SSSR count). The summed E-state index contributed by atoms with van der Waals surface area (Å²) in [6.07, 6.45) is 0. The highest BCUT2D eigenvalue weighted by molar-refractivity contribution is 9.10. The fourth-order valence-corrected chi connectivity index (χ4v) is 2.24. The average Bonchev–Trinajstić information content (AvgIpc) is 2.32. The second-order valence-corrected chi connectivity index (χ2v) is 5.44. The Morgan fingerprint density at radius 1 is 1.06 bits per heavy atom. The van der Waals surface area contributed by atoms with Crippen LogP contribution in [-0.2, 0) is 6.54 Å². The molecule has 0 spiro atoms. The topological polar surface area (TPSA) is 12.0 Å². The monoisotopic (exact) mass is 347 g/mol. The number of hydrogen-bond acceptors (Lipinski definition) is 1. The number of rotatable bonds is 3. The largest absolute Gasteiger partial charge is 0.379 e. The van der Waals surface area contributed by atoms with Crippen LogP contribution in [0.5, 0.6) is 0 Å². The van der Waals surface area contributed by atoms with Crippen LogP contribution in [-0.4, -0.2) is 0 Å². The minimum absolute atomic E-state index is 0.374. The van der Waals surface area contributed by atoms with Gasteiger partial charge in [-0.2, -0.15) is 0 Å². The molecule has 0 radical (unpaired) electrons. The van der Waals surface area contributed by atoms with E-state index >= 15 is 0 Å². The van der Waals surface area contributed by atoms with E-state index in [1.54, 1.807) is 18.2 Å². The van der Waals surface area contributed by atoms with Crippen LogP contribution in [0.15, 0.2) is 40.9 Å². The Kier molecular flexibility index (Phi) is 4.49. The van der Waals surface area contributed by atoms with Gasteiger partial charge in [0, 0.05) is 21.1 Å². The van der Waals surface area contributed by atoms with Crippen LogP contribution in [0.3, 0.4) is 0 Å². The lowest BCUT2D eigenvalue weighted by Gasteiger charge is -2.09. The summed E-state index contributed by atoms with van der Waals surface area (Å²) in [5.74, 6) is -0.374. The molecule has 0 saturated carbocycles. The summed E-state index contributed by atoms with van der Waals surface area (Å²) in [5, 5.41) is 4.02. The van der Waals surface area contributed by atoms with Crippen molar-refractivity contribution in [3.63, 3.8) is 0 Å². The molecule has 5 heteroatoms. The number of benzene rings is 2. The molecule has 0 bridgehead atoms. The zero-order chi connectivity index (χ0) is 13.1. The first-order chi connectivity index (χ1) is 8.56. The summed E-state index contributed by atoms with van der Waals surface area (Å²) in [6, 6.07) is 10.00. The van der Waals surface area contributed by atoms with Crippen molar-refractivity contribution < 1.29 is 4.39 Å². The Balaban J connectivity index is 2.13. The van der Waals surface area contributed by atoms with Crippen LogP contribution >= 0.6 is 39.1 Å². The Morgan fingerprint density at radius 3 is 2.44 bits per heavy atom. The summed E-state index contributed by atoms with van der Waals surface area (Å²) < 4.78 is 14.5. The molecule has 0 aliphatic carbocycles. The van der Waals surface area contributed by atoms with E-state index in [1.165, 1.54) is 6.07 Å². The van der Waals surface area contributed by atoms with E-state index in [1.807, 2.05) is 12.1 Å². The smallest absolute Gasteiger partial charge is 0.147 e. The Bertz CT molecular complexity index is 575. The molecule has 18 heavy (non-hydrogen) atoms. The molecule has 0 saturated heterocycles. The molecule has 0 amide bonds. The highest BCUT2D eigenvalue weighted by atomic mass is 79.9. The summed E-state index contributed by atoms with van der Waals surface area (Å²) >= 11 is 15.0. The normalized spacial score (nSPS) is 10.4. The van der Waals surface area contributed by atoms with Crippen LogP contribution in [0.4, 0.5) is 10.1 Å². The van der Waals surface area contributed by atoms with Crippen LogP contribution in [0.2, 0.25) is 10.0 Å². The van der Waals surface area contributed by atoms with E-state index in [-0.39, 0.29) is 5.82 Å². The van der Waals surface area contributed by atoms with Gasteiger partial charge in [0.05, 0.1) is 5.69 Å². The average molecular weight is 349 g/mol. The summed E-state index contributed by atoms with van der Waals surface area (Å²) in [6.45, 7) is 0.472. The lowest BCUT2D eigenvalue weighted by atomic mass is 10.2. The van der Waals surface area contributed by atoms with E-state index in [0.29, 0.717) is 22.3 Å². The molecule has 0 aliphatic rings. The lowest BCUT2D eigenvalue weighted by molar-refractivity contribution is 0.630. The molecule has 2 aromatic carbocycles. The molecule has 1 N–H and O–H groups in total. The van der Waals surface area contributed by atoms with Gasteiger partial charge in [-0.15, -0.1) is 0 Å². The van der Waals surface area contributed by atoms with Gasteiger partial charge in [0.25, 0.3) is 0 Å². The molecular weight excluding hydrogens is 340 g/mol. The zero-order valence-corrected chi connectivity index (χ0v) is 12.3. The molecule has 0 atom stereocenters. The maximum atomic E-state index is 13.5. The van der Waals surface area contributed by atoms with Crippen LogP contribution in [0.25, 0.3) is 0 Å². The second kappa shape index (κ2) is 5.91. The van der Waals surface area contributed by atoms with Crippen molar-refractivity contribution in [2.45, 2.75) is 6.54 Å². The molecule has 0 fully saturated rings. The molecule has 0 aliphatic heterocycles. The van der Waals surface area contributed by atoms with Crippen LogP contribution < -0.4 is 5.32 Å². The molecular formula is C13H9BrCl2FN. The summed E-state index contributed by atoms with van der Waals surface area (Å²) in [5.41, 5.74) is 1.36. The van der Waals surface area contributed by atoms with Gasteiger partial charge in [-0.1, -0.05) is 39.1 Å². The highest BCUT2D eigenvalue weighted by Crippen LogP contribution is 2.24. The molecule has 0 unspecified atom stereocenters. The van der Waals surface area contributed by atoms with Crippen molar-refractivity contribution in [3.05, 3.63) is 62.3 Å². The first-order valence-corrected chi connectivity index (χ1v) is 6.74. The quantitative estimate of drug-likeness (QED) is 0.771. The van der Waals surface area contributed by atoms with E-state index < -0.39 is 0 Å². The van der Waals surface area contributed by atoms with Crippen molar-refractivity contribution in [1.29, 1.82) is 0 Å². The standard InChI is InChI=1S/C13H9BrCl2FN/c14-11-3-1-9(15)5-8(11)7-18-13-4-2-10(16)6-12(13)17/h1-6,18H,7H2. The minimum Gasteiger partial charge on any atom is -0.379 e. The first kappa shape index (κ1) is 13.7. The third-order valence-corrected chi connectivity index (χ3v) is 3.65. The summed E-state index contributed by atoms with van der Waals surface area (Å²) in [7, 11) is 0. The van der Waals surface area contributed by atoms with Crippen molar-refractivity contribution in [2.24, 2.45) is 0 Å². The molecule has 0 heterocycles. The molecule has 1 nitrogen and oxygen atoms in total. The van der Waals surface area contributed by atoms with Gasteiger partial charge in [0.15, 0.2) is 0 Å². The van der Waals surface area contributed by atoms with Gasteiger partial charge in [0.2, 0.25) is 0 Å². The van der Waals surface area contributed by atoms with E-state index in [0.717, 1.165) is 10.0 Å². The minimum atomic E-state index is -0.374. The van der Waals surface area contributed by atoms with E-state index in [9.17, 15) is 4.39 Å². The summed E-state index contributed by atoms with van der Waals surface area (Å²) in [4.78, 5) is 0. The lowest BCUT2D eigenvalue weighted by Crippen LogP contribution is -2.02. The van der Waals surface area contributed by atoms with Crippen molar-refractivity contribution in [2.75, 3.05) is 5.32 Å². The second-order valence-electron chi connectivity index (χ2n) is 3.71. The van der Waals surface area contributed by atoms with E-state index in [4.69, 9.17) is 23.2 Å². The van der Waals surface area contributed by atoms with Gasteiger partial charge in [-0.05, 0) is 42.0 Å². The fraction of sp³-hybridized carbons (Fsp3) is 0.0769. The van der Waals surface area contributed by atoms with Gasteiger partial charge in [0.1, 0.15) is 5.82 Å². The maximum Gasteiger partial charge on any atom is 0.147 e. The number of nitrogens with one attached hydrogen (secondary N) is 1. The molecule has 2 aromatic rings. The van der Waals surface area contributed by atoms with Gasteiger partial charge < -0.3 is 5.32 Å². The third kappa shape index (κ3) is 3.37. The van der Waals surface area contributed by atoms with Crippen molar-refractivity contribution >= 4 is 44.8 Å². The van der Waals surface area contributed by atoms with E-state index in [2.05, 4.69) is 21.2 Å². The van der Waals surface area contributed by atoms with Gasteiger partial charge in [-0.3, -0.25) is 0 Å². The molecule has 94 valence electrons. The maximum absolute atomic E-state index is 13.5. The predicted octanol–water partition coefficient (Wildman–Crippen LogP) is 5.51. The van der Waals surface area contributed by atoms with Crippen molar-refractivity contribution in [3.8, 4) is 0 Å². The first-order valence-electron chi connectivity index (χ1n) is 5.19. The zero-order valence-electron chi connectivity index (χ0n) is 9.18. The number of hydrogen-bond donors (Lipinski definition) is 1. The van der Waals surface area contributed by atoms with Gasteiger partial charge in [-0.25, -0.2) is 4.39 Å². The Morgan fingerprint density at radius 2 is 1.72 bits per heavy atom. The van der Waals surface area contributed by atoms with Crippen LogP contribution in [0.1, 0.15) is 5.56 Å². The highest BCUT2D eigenvalue weighted by Gasteiger charge is 2.05. The number of anilines is 1. The predicted molar refractivity (Wildman–Crippen MR) is 77.9 cm³/mol. The van der Waals surface area contributed by atoms with Crippen LogP contribution in [0, 0.1) is 5.82 Å².